The Morgan fingerprint density at radius 1 is 1.46 bits per heavy atom. The van der Waals surface area contributed by atoms with Crippen molar-refractivity contribution in [1.82, 2.24) is 0 Å². The summed E-state index contributed by atoms with van der Waals surface area (Å²) in [7, 11) is 0. The number of hydrogen-bond acceptors (Lipinski definition) is 2. The summed E-state index contributed by atoms with van der Waals surface area (Å²) in [6.45, 7) is 8.34. The second-order valence-electron chi connectivity index (χ2n) is 4.78. The lowest BCUT2D eigenvalue weighted by atomic mass is 9.94. The van der Waals surface area contributed by atoms with Crippen molar-refractivity contribution in [2.45, 2.75) is 46.1 Å². The van der Waals surface area contributed by atoms with Crippen molar-refractivity contribution in [3.05, 3.63) is 0 Å². The highest BCUT2D eigenvalue weighted by molar-refractivity contribution is 5.88. The normalized spacial score (nSPS) is 17.9. The van der Waals surface area contributed by atoms with E-state index in [2.05, 4.69) is 0 Å². The van der Waals surface area contributed by atoms with Crippen molar-refractivity contribution in [2.24, 2.45) is 11.8 Å². The summed E-state index contributed by atoms with van der Waals surface area (Å²) in [4.78, 5) is 11.7. The van der Waals surface area contributed by atoms with Crippen LogP contribution < -0.4 is 0 Å². The molecule has 0 atom stereocenters. The largest absolute Gasteiger partial charge is 0.368 e. The molecule has 0 aromatic carbocycles. The van der Waals surface area contributed by atoms with Crippen LogP contribution in [0.2, 0.25) is 0 Å². The van der Waals surface area contributed by atoms with Crippen molar-refractivity contribution in [1.29, 1.82) is 0 Å². The third-order valence-electron chi connectivity index (χ3n) is 2.49. The lowest BCUT2D eigenvalue weighted by Crippen LogP contribution is -2.38. The maximum atomic E-state index is 11.7. The van der Waals surface area contributed by atoms with Crippen molar-refractivity contribution in [2.75, 3.05) is 6.61 Å². The SMILES string of the molecule is CC(C)C(=O)C(C)(C)OCC1CC1. The lowest BCUT2D eigenvalue weighted by Gasteiger charge is -2.25. The van der Waals surface area contributed by atoms with E-state index in [9.17, 15) is 4.79 Å². The first-order chi connectivity index (χ1) is 5.93. The van der Waals surface area contributed by atoms with Crippen LogP contribution in [0.25, 0.3) is 0 Å². The zero-order valence-corrected chi connectivity index (χ0v) is 9.09. The van der Waals surface area contributed by atoms with E-state index in [1.807, 2.05) is 27.7 Å². The maximum absolute atomic E-state index is 11.7. The Balaban J connectivity index is 2.37. The Morgan fingerprint density at radius 2 is 2.00 bits per heavy atom. The Hall–Kier alpha value is -0.370. The summed E-state index contributed by atoms with van der Waals surface area (Å²) < 4.78 is 5.63. The van der Waals surface area contributed by atoms with Gasteiger partial charge in [0.25, 0.3) is 0 Å². The molecule has 0 aromatic heterocycles. The molecule has 0 N–H and O–H groups in total. The van der Waals surface area contributed by atoms with E-state index in [1.54, 1.807) is 0 Å². The van der Waals surface area contributed by atoms with E-state index >= 15 is 0 Å². The molecule has 76 valence electrons. The highest BCUT2D eigenvalue weighted by atomic mass is 16.5. The molecule has 1 saturated carbocycles. The molecule has 2 nitrogen and oxygen atoms in total. The number of carbonyl (C=O) groups is 1. The van der Waals surface area contributed by atoms with Gasteiger partial charge in [0.2, 0.25) is 0 Å². The second kappa shape index (κ2) is 3.79. The summed E-state index contributed by atoms with van der Waals surface area (Å²) >= 11 is 0. The minimum Gasteiger partial charge on any atom is -0.368 e. The van der Waals surface area contributed by atoms with E-state index in [1.165, 1.54) is 12.8 Å². The van der Waals surface area contributed by atoms with Crippen LogP contribution in [0.1, 0.15) is 40.5 Å². The van der Waals surface area contributed by atoms with Crippen LogP contribution >= 0.6 is 0 Å². The van der Waals surface area contributed by atoms with E-state index in [4.69, 9.17) is 4.74 Å². The summed E-state index contributed by atoms with van der Waals surface area (Å²) in [5.41, 5.74) is -0.587. The van der Waals surface area contributed by atoms with Gasteiger partial charge in [-0.05, 0) is 32.6 Å². The Kier molecular flexibility index (Phi) is 3.12. The van der Waals surface area contributed by atoms with Gasteiger partial charge >= 0.3 is 0 Å². The quantitative estimate of drug-likeness (QED) is 0.656. The van der Waals surface area contributed by atoms with Gasteiger partial charge in [0.05, 0.1) is 6.61 Å². The van der Waals surface area contributed by atoms with Crippen molar-refractivity contribution in [3.8, 4) is 0 Å². The summed E-state index contributed by atoms with van der Waals surface area (Å²) in [6.07, 6.45) is 2.54. The molecule has 0 unspecified atom stereocenters. The first kappa shape index (κ1) is 10.7. The van der Waals surface area contributed by atoms with Crippen LogP contribution in [-0.4, -0.2) is 18.0 Å². The smallest absolute Gasteiger partial charge is 0.166 e. The van der Waals surface area contributed by atoms with E-state index < -0.39 is 5.60 Å². The van der Waals surface area contributed by atoms with Gasteiger partial charge in [0.15, 0.2) is 5.78 Å². The number of hydrogen-bond donors (Lipinski definition) is 0. The minimum atomic E-state index is -0.587. The van der Waals surface area contributed by atoms with Gasteiger partial charge in [-0.2, -0.15) is 0 Å². The van der Waals surface area contributed by atoms with Crippen LogP contribution in [-0.2, 0) is 9.53 Å². The van der Waals surface area contributed by atoms with E-state index in [0.717, 1.165) is 12.5 Å². The van der Waals surface area contributed by atoms with Gasteiger partial charge in [0.1, 0.15) is 5.60 Å². The average Bonchev–Trinajstić information content (AvgIpc) is 2.82. The molecule has 1 fully saturated rings. The van der Waals surface area contributed by atoms with Crippen LogP contribution in [0.4, 0.5) is 0 Å². The predicted molar refractivity (Wildman–Crippen MR) is 52.6 cm³/mol. The molecule has 0 aromatic rings. The molecule has 0 amide bonds. The van der Waals surface area contributed by atoms with Crippen molar-refractivity contribution in [3.63, 3.8) is 0 Å². The van der Waals surface area contributed by atoms with Crippen molar-refractivity contribution >= 4 is 5.78 Å². The standard InChI is InChI=1S/C11H20O2/c1-8(2)10(12)11(3,4)13-7-9-5-6-9/h8-9H,5-7H2,1-4H3. The Labute approximate surface area is 80.7 Å². The lowest BCUT2D eigenvalue weighted by molar-refractivity contribution is -0.144. The first-order valence-corrected chi connectivity index (χ1v) is 5.12. The topological polar surface area (TPSA) is 26.3 Å². The van der Waals surface area contributed by atoms with Gasteiger partial charge in [-0.3, -0.25) is 4.79 Å². The molecule has 0 radical (unpaired) electrons. The van der Waals surface area contributed by atoms with Gasteiger partial charge in [-0.15, -0.1) is 0 Å². The van der Waals surface area contributed by atoms with E-state index in [-0.39, 0.29) is 11.7 Å². The highest BCUT2D eigenvalue weighted by Gasteiger charge is 2.32. The van der Waals surface area contributed by atoms with Crippen LogP contribution in [0, 0.1) is 11.8 Å². The zero-order chi connectivity index (χ0) is 10.1. The van der Waals surface area contributed by atoms with Gasteiger partial charge in [0, 0.05) is 5.92 Å². The van der Waals surface area contributed by atoms with Crippen molar-refractivity contribution < 1.29 is 9.53 Å². The summed E-state index contributed by atoms with van der Waals surface area (Å²) in [6, 6.07) is 0. The first-order valence-electron chi connectivity index (χ1n) is 5.12. The monoisotopic (exact) mass is 184 g/mol. The Morgan fingerprint density at radius 3 is 2.38 bits per heavy atom. The maximum Gasteiger partial charge on any atom is 0.166 e. The molecular formula is C11H20O2. The molecule has 13 heavy (non-hydrogen) atoms. The fraction of sp³-hybridized carbons (Fsp3) is 0.909. The van der Waals surface area contributed by atoms with Gasteiger partial charge < -0.3 is 4.74 Å². The van der Waals surface area contributed by atoms with E-state index in [0.29, 0.717) is 0 Å². The van der Waals surface area contributed by atoms with Gasteiger partial charge in [-0.1, -0.05) is 13.8 Å². The fourth-order valence-electron chi connectivity index (χ4n) is 1.38. The molecule has 0 heterocycles. The van der Waals surface area contributed by atoms with Crippen LogP contribution in [0.15, 0.2) is 0 Å². The number of Topliss-reactive ketones (excluding diaryl/α,β-unsaturated/α-hetero) is 1. The third-order valence-corrected chi connectivity index (χ3v) is 2.49. The van der Waals surface area contributed by atoms with Crippen LogP contribution in [0.3, 0.4) is 0 Å². The van der Waals surface area contributed by atoms with Gasteiger partial charge in [-0.25, -0.2) is 0 Å². The molecule has 0 bridgehead atoms. The molecule has 0 spiro atoms. The Bertz CT molecular complexity index is 190. The summed E-state index contributed by atoms with van der Waals surface area (Å²) in [5.74, 6) is 0.988. The average molecular weight is 184 g/mol. The highest BCUT2D eigenvalue weighted by Crippen LogP contribution is 2.31. The molecule has 1 aliphatic rings. The molecule has 1 rings (SSSR count). The van der Waals surface area contributed by atoms with Crippen LogP contribution in [0.5, 0.6) is 0 Å². The molecule has 2 heteroatoms. The fourth-order valence-corrected chi connectivity index (χ4v) is 1.38. The number of ether oxygens (including phenoxy) is 1. The molecule has 1 aliphatic carbocycles. The second-order valence-corrected chi connectivity index (χ2v) is 4.78. The molecular weight excluding hydrogens is 164 g/mol. The predicted octanol–water partition coefficient (Wildman–Crippen LogP) is 2.42. The molecule has 0 saturated heterocycles. The number of ketones is 1. The third kappa shape index (κ3) is 3.11. The summed E-state index contributed by atoms with van der Waals surface area (Å²) in [5, 5.41) is 0. The zero-order valence-electron chi connectivity index (χ0n) is 9.09. The number of carbonyl (C=O) groups excluding carboxylic acids is 1. The minimum absolute atomic E-state index is 0.0641. The molecule has 0 aliphatic heterocycles. The number of rotatable bonds is 5.